The normalized spacial score (nSPS) is 20.5. The Morgan fingerprint density at radius 2 is 1.83 bits per heavy atom. The minimum atomic E-state index is -0.248. The van der Waals surface area contributed by atoms with E-state index in [2.05, 4.69) is 0 Å². The summed E-state index contributed by atoms with van der Waals surface area (Å²) in [6.45, 7) is 4.60. The Morgan fingerprint density at radius 3 is 2.33 bits per heavy atom. The zero-order valence-corrected chi connectivity index (χ0v) is 8.01. The van der Waals surface area contributed by atoms with Gasteiger partial charge in [-0.25, -0.2) is 0 Å². The molecule has 0 aliphatic heterocycles. The fourth-order valence-corrected chi connectivity index (χ4v) is 2.02. The van der Waals surface area contributed by atoms with Crippen LogP contribution in [0.5, 0.6) is 0 Å². The highest BCUT2D eigenvalue weighted by Gasteiger charge is 2.31. The van der Waals surface area contributed by atoms with Crippen LogP contribution >= 0.6 is 0 Å². The SMILES string of the molecule is CC(C)(OC=O)C1CCCCC1. The van der Waals surface area contributed by atoms with E-state index in [-0.39, 0.29) is 5.60 Å². The molecule has 70 valence electrons. The van der Waals surface area contributed by atoms with Gasteiger partial charge in [-0.15, -0.1) is 0 Å². The number of hydrogen-bond donors (Lipinski definition) is 0. The molecule has 12 heavy (non-hydrogen) atoms. The monoisotopic (exact) mass is 170 g/mol. The molecule has 1 fully saturated rings. The van der Waals surface area contributed by atoms with E-state index >= 15 is 0 Å². The molecule has 0 aromatic carbocycles. The quantitative estimate of drug-likeness (QED) is 0.608. The van der Waals surface area contributed by atoms with Gasteiger partial charge in [-0.2, -0.15) is 0 Å². The first-order valence-corrected chi connectivity index (χ1v) is 4.78. The number of carbonyl (C=O) groups excluding carboxylic acids is 1. The maximum atomic E-state index is 10.2. The van der Waals surface area contributed by atoms with E-state index in [1.54, 1.807) is 0 Å². The maximum absolute atomic E-state index is 10.2. The summed E-state index contributed by atoms with van der Waals surface area (Å²) in [5.41, 5.74) is -0.248. The molecule has 1 saturated carbocycles. The predicted octanol–water partition coefficient (Wildman–Crippen LogP) is 2.52. The van der Waals surface area contributed by atoms with Gasteiger partial charge in [0.2, 0.25) is 0 Å². The van der Waals surface area contributed by atoms with Gasteiger partial charge in [-0.1, -0.05) is 19.3 Å². The molecule has 0 radical (unpaired) electrons. The molecule has 0 atom stereocenters. The topological polar surface area (TPSA) is 26.3 Å². The summed E-state index contributed by atoms with van der Waals surface area (Å²) in [4.78, 5) is 10.2. The molecule has 1 aliphatic carbocycles. The van der Waals surface area contributed by atoms with Crippen LogP contribution in [0.2, 0.25) is 0 Å². The largest absolute Gasteiger partial charge is 0.462 e. The Hall–Kier alpha value is -0.530. The van der Waals surface area contributed by atoms with Gasteiger partial charge in [-0.3, -0.25) is 4.79 Å². The first kappa shape index (κ1) is 9.56. The maximum Gasteiger partial charge on any atom is 0.293 e. The van der Waals surface area contributed by atoms with Crippen molar-refractivity contribution in [3.05, 3.63) is 0 Å². The van der Waals surface area contributed by atoms with Crippen molar-refractivity contribution in [3.8, 4) is 0 Å². The standard InChI is InChI=1S/C10H18O2/c1-10(2,12-8-11)9-6-4-3-5-7-9/h8-9H,3-7H2,1-2H3. The summed E-state index contributed by atoms with van der Waals surface area (Å²) in [6.07, 6.45) is 6.34. The third-order valence-electron chi connectivity index (χ3n) is 2.94. The molecule has 2 heteroatoms. The summed E-state index contributed by atoms with van der Waals surface area (Å²) in [7, 11) is 0. The van der Waals surface area contributed by atoms with Crippen LogP contribution in [0, 0.1) is 5.92 Å². The van der Waals surface area contributed by atoms with Gasteiger partial charge in [0.1, 0.15) is 5.60 Å². The Labute approximate surface area is 74.3 Å². The molecule has 2 nitrogen and oxygen atoms in total. The van der Waals surface area contributed by atoms with E-state index in [1.165, 1.54) is 32.1 Å². The van der Waals surface area contributed by atoms with E-state index in [0.717, 1.165) is 0 Å². The van der Waals surface area contributed by atoms with Crippen molar-refractivity contribution in [2.45, 2.75) is 51.6 Å². The van der Waals surface area contributed by atoms with Crippen LogP contribution in [0.15, 0.2) is 0 Å². The van der Waals surface area contributed by atoms with Gasteiger partial charge in [0, 0.05) is 0 Å². The van der Waals surface area contributed by atoms with Crippen LogP contribution in [-0.4, -0.2) is 12.1 Å². The summed E-state index contributed by atoms with van der Waals surface area (Å²) in [6, 6.07) is 0. The first-order valence-electron chi connectivity index (χ1n) is 4.78. The van der Waals surface area contributed by atoms with E-state index in [1.807, 2.05) is 13.8 Å². The summed E-state index contributed by atoms with van der Waals surface area (Å²) in [5.74, 6) is 0.566. The average Bonchev–Trinajstić information content (AvgIpc) is 2.06. The molecule has 0 saturated heterocycles. The highest BCUT2D eigenvalue weighted by atomic mass is 16.5. The smallest absolute Gasteiger partial charge is 0.293 e. The van der Waals surface area contributed by atoms with Gasteiger partial charge < -0.3 is 4.74 Å². The Balaban J connectivity index is 2.47. The Morgan fingerprint density at radius 1 is 1.25 bits per heavy atom. The van der Waals surface area contributed by atoms with E-state index in [0.29, 0.717) is 12.4 Å². The summed E-state index contributed by atoms with van der Waals surface area (Å²) in [5, 5.41) is 0. The van der Waals surface area contributed by atoms with Crippen molar-refractivity contribution in [1.29, 1.82) is 0 Å². The second-order valence-electron chi connectivity index (χ2n) is 4.15. The van der Waals surface area contributed by atoms with Crippen molar-refractivity contribution >= 4 is 6.47 Å². The molecule has 0 spiro atoms. The van der Waals surface area contributed by atoms with Gasteiger partial charge in [0.25, 0.3) is 6.47 Å². The molecule has 0 amide bonds. The molecular formula is C10H18O2. The van der Waals surface area contributed by atoms with Crippen molar-refractivity contribution < 1.29 is 9.53 Å². The molecule has 0 N–H and O–H groups in total. The number of rotatable bonds is 3. The van der Waals surface area contributed by atoms with Crippen LogP contribution < -0.4 is 0 Å². The van der Waals surface area contributed by atoms with Crippen molar-refractivity contribution in [3.63, 3.8) is 0 Å². The fraction of sp³-hybridized carbons (Fsp3) is 0.900. The third-order valence-corrected chi connectivity index (χ3v) is 2.94. The highest BCUT2D eigenvalue weighted by Crippen LogP contribution is 2.34. The second kappa shape index (κ2) is 3.92. The van der Waals surface area contributed by atoms with Gasteiger partial charge in [0.05, 0.1) is 0 Å². The lowest BCUT2D eigenvalue weighted by Crippen LogP contribution is -2.35. The Kier molecular flexibility index (Phi) is 3.12. The summed E-state index contributed by atoms with van der Waals surface area (Å²) >= 11 is 0. The Bertz CT molecular complexity index is 146. The lowest BCUT2D eigenvalue weighted by molar-refractivity contribution is -0.146. The number of carbonyl (C=O) groups is 1. The first-order chi connectivity index (χ1) is 5.67. The molecule has 0 aromatic heterocycles. The molecule has 0 unspecified atom stereocenters. The van der Waals surface area contributed by atoms with Crippen LogP contribution in [0.3, 0.4) is 0 Å². The van der Waals surface area contributed by atoms with Crippen LogP contribution in [0.25, 0.3) is 0 Å². The summed E-state index contributed by atoms with van der Waals surface area (Å²) < 4.78 is 5.09. The van der Waals surface area contributed by atoms with E-state index in [9.17, 15) is 4.79 Å². The zero-order valence-electron chi connectivity index (χ0n) is 8.01. The highest BCUT2D eigenvalue weighted by molar-refractivity contribution is 5.38. The van der Waals surface area contributed by atoms with Crippen LogP contribution in [0.4, 0.5) is 0 Å². The average molecular weight is 170 g/mol. The van der Waals surface area contributed by atoms with Gasteiger partial charge in [-0.05, 0) is 32.6 Å². The van der Waals surface area contributed by atoms with Crippen molar-refractivity contribution in [2.24, 2.45) is 5.92 Å². The predicted molar refractivity (Wildman–Crippen MR) is 47.8 cm³/mol. The van der Waals surface area contributed by atoms with Crippen molar-refractivity contribution in [1.82, 2.24) is 0 Å². The molecule has 0 heterocycles. The van der Waals surface area contributed by atoms with Crippen molar-refractivity contribution in [2.75, 3.05) is 0 Å². The second-order valence-corrected chi connectivity index (χ2v) is 4.15. The molecule has 0 bridgehead atoms. The molecule has 0 aromatic rings. The fourth-order valence-electron chi connectivity index (χ4n) is 2.02. The van der Waals surface area contributed by atoms with E-state index in [4.69, 9.17) is 4.74 Å². The van der Waals surface area contributed by atoms with Gasteiger partial charge in [0.15, 0.2) is 0 Å². The number of hydrogen-bond acceptors (Lipinski definition) is 2. The van der Waals surface area contributed by atoms with Crippen LogP contribution in [-0.2, 0) is 9.53 Å². The lowest BCUT2D eigenvalue weighted by atomic mass is 9.79. The third kappa shape index (κ3) is 2.23. The molecule has 1 rings (SSSR count). The number of ether oxygens (including phenoxy) is 1. The zero-order chi connectivity index (χ0) is 9.03. The van der Waals surface area contributed by atoms with E-state index < -0.39 is 0 Å². The van der Waals surface area contributed by atoms with Gasteiger partial charge >= 0.3 is 0 Å². The molecular weight excluding hydrogens is 152 g/mol. The minimum Gasteiger partial charge on any atom is -0.462 e. The minimum absolute atomic E-state index is 0.248. The lowest BCUT2D eigenvalue weighted by Gasteiger charge is -2.35. The molecule has 1 aliphatic rings. The van der Waals surface area contributed by atoms with Crippen LogP contribution in [0.1, 0.15) is 46.0 Å².